The maximum Gasteiger partial charge on any atom is 0.146 e. The van der Waals surface area contributed by atoms with Crippen molar-refractivity contribution in [3.8, 4) is 12.1 Å². The number of aromatic nitrogens is 1. The van der Waals surface area contributed by atoms with Gasteiger partial charge in [0.2, 0.25) is 0 Å². The molecule has 0 fully saturated rings. The number of rotatable bonds is 3. The minimum absolute atomic E-state index is 0.0639. The van der Waals surface area contributed by atoms with Gasteiger partial charge in [-0.05, 0) is 37.8 Å². The van der Waals surface area contributed by atoms with E-state index in [4.69, 9.17) is 5.26 Å². The average Bonchev–Trinajstić information content (AvgIpc) is 2.83. The summed E-state index contributed by atoms with van der Waals surface area (Å²) in [4.78, 5) is 6.55. The van der Waals surface area contributed by atoms with E-state index in [1.165, 1.54) is 5.56 Å². The number of nitriles is 2. The van der Waals surface area contributed by atoms with E-state index in [-0.39, 0.29) is 6.04 Å². The molecule has 1 aromatic heterocycles. The molecule has 0 bridgehead atoms. The van der Waals surface area contributed by atoms with Gasteiger partial charge in [-0.25, -0.2) is 4.98 Å². The lowest BCUT2D eigenvalue weighted by molar-refractivity contribution is 0.691. The van der Waals surface area contributed by atoms with E-state index >= 15 is 0 Å². The van der Waals surface area contributed by atoms with Gasteiger partial charge in [0.1, 0.15) is 11.9 Å². The second kappa shape index (κ2) is 5.06. The van der Waals surface area contributed by atoms with Crippen LogP contribution in [0.15, 0.2) is 6.07 Å². The van der Waals surface area contributed by atoms with Gasteiger partial charge in [0.05, 0.1) is 18.1 Å². The number of aryl methyl sites for hydroxylation is 2. The zero-order valence-electron chi connectivity index (χ0n) is 10.8. The highest BCUT2D eigenvalue weighted by Gasteiger charge is 2.20. The summed E-state index contributed by atoms with van der Waals surface area (Å²) in [6.45, 7) is 1.97. The SMILES string of the molecule is CC(CC#N)N(C)c1nc2c(cc1C#N)CCC2. The lowest BCUT2D eigenvalue weighted by Gasteiger charge is -2.25. The topological polar surface area (TPSA) is 63.7 Å². The van der Waals surface area contributed by atoms with Crippen LogP contribution in [0, 0.1) is 22.7 Å². The van der Waals surface area contributed by atoms with Crippen LogP contribution < -0.4 is 4.90 Å². The number of hydrogen-bond acceptors (Lipinski definition) is 4. The first-order chi connectivity index (χ1) is 8.67. The lowest BCUT2D eigenvalue weighted by atomic mass is 10.1. The van der Waals surface area contributed by atoms with Crippen LogP contribution >= 0.6 is 0 Å². The first-order valence-corrected chi connectivity index (χ1v) is 6.20. The van der Waals surface area contributed by atoms with Gasteiger partial charge in [-0.3, -0.25) is 0 Å². The Morgan fingerprint density at radius 1 is 1.44 bits per heavy atom. The van der Waals surface area contributed by atoms with Crippen LogP contribution in [-0.4, -0.2) is 18.1 Å². The lowest BCUT2D eigenvalue weighted by Crippen LogP contribution is -2.30. The van der Waals surface area contributed by atoms with Gasteiger partial charge in [0, 0.05) is 18.8 Å². The monoisotopic (exact) mass is 240 g/mol. The number of pyridine rings is 1. The zero-order valence-corrected chi connectivity index (χ0v) is 10.8. The Labute approximate surface area is 107 Å². The van der Waals surface area contributed by atoms with Crippen LogP contribution in [0.2, 0.25) is 0 Å². The standard InChI is InChI=1S/C14H16N4/c1-10(6-7-15)18(2)14-12(9-16)8-11-4-3-5-13(11)17-14/h8,10H,3-6H2,1-2H3. The van der Waals surface area contributed by atoms with E-state index < -0.39 is 0 Å². The van der Waals surface area contributed by atoms with Crippen molar-refractivity contribution in [2.24, 2.45) is 0 Å². The van der Waals surface area contributed by atoms with Crippen molar-refractivity contribution < 1.29 is 0 Å². The third kappa shape index (κ3) is 2.15. The fraction of sp³-hybridized carbons (Fsp3) is 0.500. The van der Waals surface area contributed by atoms with Crippen molar-refractivity contribution in [1.29, 1.82) is 10.5 Å². The van der Waals surface area contributed by atoms with E-state index in [0.717, 1.165) is 25.0 Å². The van der Waals surface area contributed by atoms with Crippen molar-refractivity contribution in [1.82, 2.24) is 4.98 Å². The van der Waals surface area contributed by atoms with Gasteiger partial charge in [0.25, 0.3) is 0 Å². The van der Waals surface area contributed by atoms with E-state index in [9.17, 15) is 5.26 Å². The molecule has 0 saturated heterocycles. The summed E-state index contributed by atoms with van der Waals surface area (Å²) >= 11 is 0. The van der Waals surface area contributed by atoms with E-state index in [2.05, 4.69) is 17.1 Å². The van der Waals surface area contributed by atoms with Crippen LogP contribution in [-0.2, 0) is 12.8 Å². The molecule has 0 aromatic carbocycles. The van der Waals surface area contributed by atoms with Crippen LogP contribution in [0.4, 0.5) is 5.82 Å². The first kappa shape index (κ1) is 12.4. The first-order valence-electron chi connectivity index (χ1n) is 6.20. The van der Waals surface area contributed by atoms with Crippen molar-refractivity contribution in [3.63, 3.8) is 0 Å². The smallest absolute Gasteiger partial charge is 0.146 e. The molecule has 0 N–H and O–H groups in total. The zero-order chi connectivity index (χ0) is 13.1. The Hall–Kier alpha value is -2.07. The summed E-state index contributed by atoms with van der Waals surface area (Å²) in [5.41, 5.74) is 2.93. The minimum atomic E-state index is 0.0639. The fourth-order valence-corrected chi connectivity index (χ4v) is 2.29. The van der Waals surface area contributed by atoms with Crippen LogP contribution in [0.5, 0.6) is 0 Å². The van der Waals surface area contributed by atoms with Crippen LogP contribution in [0.1, 0.15) is 36.6 Å². The quantitative estimate of drug-likeness (QED) is 0.812. The van der Waals surface area contributed by atoms with Gasteiger partial charge in [0.15, 0.2) is 0 Å². The fourth-order valence-electron chi connectivity index (χ4n) is 2.29. The highest BCUT2D eigenvalue weighted by atomic mass is 15.2. The van der Waals surface area contributed by atoms with Gasteiger partial charge in [-0.1, -0.05) is 0 Å². The average molecular weight is 240 g/mol. The molecule has 1 heterocycles. The van der Waals surface area contributed by atoms with Gasteiger partial charge >= 0.3 is 0 Å². The van der Waals surface area contributed by atoms with Crippen molar-refractivity contribution >= 4 is 5.82 Å². The molecule has 0 spiro atoms. The Morgan fingerprint density at radius 2 is 2.22 bits per heavy atom. The summed E-state index contributed by atoms with van der Waals surface area (Å²) < 4.78 is 0. The van der Waals surface area contributed by atoms with Crippen molar-refractivity contribution in [2.75, 3.05) is 11.9 Å². The largest absolute Gasteiger partial charge is 0.355 e. The summed E-state index contributed by atoms with van der Waals surface area (Å²) in [5.74, 6) is 0.709. The highest BCUT2D eigenvalue weighted by molar-refractivity contribution is 5.57. The normalized spacial score (nSPS) is 14.4. The third-order valence-electron chi connectivity index (χ3n) is 3.53. The molecule has 92 valence electrons. The van der Waals surface area contributed by atoms with E-state index in [1.54, 1.807) is 0 Å². The minimum Gasteiger partial charge on any atom is -0.355 e. The Morgan fingerprint density at radius 3 is 2.89 bits per heavy atom. The molecule has 1 unspecified atom stereocenters. The van der Waals surface area contributed by atoms with Gasteiger partial charge in [-0.2, -0.15) is 10.5 Å². The third-order valence-corrected chi connectivity index (χ3v) is 3.53. The predicted octanol–water partition coefficient (Wildman–Crippen LogP) is 2.18. The molecule has 0 aliphatic heterocycles. The van der Waals surface area contributed by atoms with Crippen LogP contribution in [0.3, 0.4) is 0 Å². The molecule has 4 heteroatoms. The van der Waals surface area contributed by atoms with Crippen molar-refractivity contribution in [3.05, 3.63) is 22.9 Å². The Bertz CT molecular complexity index is 536. The molecule has 1 atom stereocenters. The molecule has 1 aromatic rings. The molecule has 0 saturated carbocycles. The predicted molar refractivity (Wildman–Crippen MR) is 69.1 cm³/mol. The summed E-state index contributed by atoms with van der Waals surface area (Å²) in [7, 11) is 1.90. The summed E-state index contributed by atoms with van der Waals surface area (Å²) in [5, 5.41) is 18.0. The Balaban J connectivity index is 2.38. The maximum absolute atomic E-state index is 9.23. The molecular weight excluding hydrogens is 224 g/mol. The molecule has 0 amide bonds. The van der Waals surface area contributed by atoms with E-state index in [0.29, 0.717) is 17.8 Å². The molecule has 2 rings (SSSR count). The summed E-state index contributed by atoms with van der Waals surface area (Å²) in [6, 6.07) is 6.39. The number of hydrogen-bond donors (Lipinski definition) is 0. The Kier molecular flexibility index (Phi) is 3.48. The highest BCUT2D eigenvalue weighted by Crippen LogP contribution is 2.27. The molecule has 1 aliphatic carbocycles. The summed E-state index contributed by atoms with van der Waals surface area (Å²) in [6.07, 6.45) is 3.57. The number of fused-ring (bicyclic) bond motifs is 1. The molecule has 0 radical (unpaired) electrons. The second-order valence-corrected chi connectivity index (χ2v) is 4.75. The van der Waals surface area contributed by atoms with E-state index in [1.807, 2.05) is 24.9 Å². The van der Waals surface area contributed by atoms with Gasteiger partial charge in [-0.15, -0.1) is 0 Å². The van der Waals surface area contributed by atoms with Gasteiger partial charge < -0.3 is 4.90 Å². The van der Waals surface area contributed by atoms with Crippen molar-refractivity contribution in [2.45, 2.75) is 38.6 Å². The molecule has 1 aliphatic rings. The number of nitrogens with zero attached hydrogens (tertiary/aromatic N) is 4. The molecule has 4 nitrogen and oxygen atoms in total. The van der Waals surface area contributed by atoms with Crippen LogP contribution in [0.25, 0.3) is 0 Å². The molecule has 18 heavy (non-hydrogen) atoms. The second-order valence-electron chi connectivity index (χ2n) is 4.75. The molecular formula is C14H16N4. The maximum atomic E-state index is 9.23. The number of anilines is 1.